The summed E-state index contributed by atoms with van der Waals surface area (Å²) < 4.78 is 37.5. The first kappa shape index (κ1) is 14.6. The van der Waals surface area contributed by atoms with Gasteiger partial charge in [-0.2, -0.15) is 13.2 Å². The van der Waals surface area contributed by atoms with E-state index in [1.807, 2.05) is 24.3 Å². The fraction of sp³-hybridized carbons (Fsp3) is 0.231. The molecule has 0 amide bonds. The van der Waals surface area contributed by atoms with E-state index in [1.165, 1.54) is 0 Å². The van der Waals surface area contributed by atoms with Crippen molar-refractivity contribution in [3.05, 3.63) is 53.3 Å². The van der Waals surface area contributed by atoms with E-state index in [1.54, 1.807) is 0 Å². The van der Waals surface area contributed by atoms with Gasteiger partial charge in [-0.1, -0.05) is 24.3 Å². The van der Waals surface area contributed by atoms with Gasteiger partial charge < -0.3 is 5.32 Å². The first-order valence-corrected chi connectivity index (χ1v) is 6.30. The van der Waals surface area contributed by atoms with Crippen LogP contribution in [-0.2, 0) is 18.6 Å². The molecule has 2 aromatic rings. The van der Waals surface area contributed by atoms with Crippen LogP contribution in [0.3, 0.4) is 0 Å². The molecule has 2 rings (SSSR count). The van der Waals surface area contributed by atoms with Crippen molar-refractivity contribution >= 4 is 17.5 Å². The fourth-order valence-electron chi connectivity index (χ4n) is 1.53. The number of anilines is 1. The van der Waals surface area contributed by atoms with Crippen molar-refractivity contribution in [2.24, 2.45) is 0 Å². The second-order valence-corrected chi connectivity index (χ2v) is 4.33. The first-order chi connectivity index (χ1) is 9.49. The molecular formula is C13H11ClF3N3. The van der Waals surface area contributed by atoms with Crippen molar-refractivity contribution in [2.75, 3.05) is 5.32 Å². The Bertz CT molecular complexity index is 570. The second kappa shape index (κ2) is 6.09. The molecule has 0 atom stereocenters. The molecule has 0 fully saturated rings. The first-order valence-electron chi connectivity index (χ1n) is 5.77. The summed E-state index contributed by atoms with van der Waals surface area (Å²) in [6, 6.07) is 8.24. The van der Waals surface area contributed by atoms with Crippen molar-refractivity contribution in [3.8, 4) is 0 Å². The van der Waals surface area contributed by atoms with Crippen LogP contribution < -0.4 is 5.32 Å². The smallest absolute Gasteiger partial charge is 0.350 e. The number of benzene rings is 1. The molecule has 0 unspecified atom stereocenters. The average Bonchev–Trinajstić information content (AvgIpc) is 2.45. The van der Waals surface area contributed by atoms with Crippen LogP contribution in [0.5, 0.6) is 0 Å². The molecule has 106 valence electrons. The molecule has 1 N–H and O–H groups in total. The summed E-state index contributed by atoms with van der Waals surface area (Å²) in [5.41, 5.74) is 0.915. The molecule has 0 bridgehead atoms. The van der Waals surface area contributed by atoms with Crippen LogP contribution >= 0.6 is 11.6 Å². The third-order valence-electron chi connectivity index (χ3n) is 2.57. The van der Waals surface area contributed by atoms with Gasteiger partial charge in [0.25, 0.3) is 0 Å². The van der Waals surface area contributed by atoms with Gasteiger partial charge in [-0.15, -0.1) is 11.6 Å². The van der Waals surface area contributed by atoms with E-state index >= 15 is 0 Å². The van der Waals surface area contributed by atoms with E-state index < -0.39 is 11.9 Å². The van der Waals surface area contributed by atoms with Gasteiger partial charge in [0.2, 0.25) is 5.95 Å². The van der Waals surface area contributed by atoms with Crippen molar-refractivity contribution in [3.63, 3.8) is 0 Å². The Morgan fingerprint density at radius 3 is 2.30 bits per heavy atom. The van der Waals surface area contributed by atoms with E-state index in [4.69, 9.17) is 11.6 Å². The quantitative estimate of drug-likeness (QED) is 0.872. The maximum absolute atomic E-state index is 12.5. The van der Waals surface area contributed by atoms with Crippen LogP contribution in [0.4, 0.5) is 19.1 Å². The molecule has 1 heterocycles. The van der Waals surface area contributed by atoms with Gasteiger partial charge in [-0.3, -0.25) is 0 Å². The molecule has 0 radical (unpaired) electrons. The summed E-state index contributed by atoms with van der Waals surface area (Å²) in [7, 11) is 0. The molecule has 20 heavy (non-hydrogen) atoms. The molecule has 0 spiro atoms. The van der Waals surface area contributed by atoms with Gasteiger partial charge in [-0.05, 0) is 17.2 Å². The Hall–Kier alpha value is -1.82. The zero-order chi connectivity index (χ0) is 14.6. The lowest BCUT2D eigenvalue weighted by Gasteiger charge is -2.08. The van der Waals surface area contributed by atoms with Crippen LogP contribution in [0.2, 0.25) is 0 Å². The number of halogens is 4. The molecule has 3 nitrogen and oxygen atoms in total. The van der Waals surface area contributed by atoms with E-state index in [2.05, 4.69) is 15.3 Å². The summed E-state index contributed by atoms with van der Waals surface area (Å²) in [6.07, 6.45) is -3.39. The number of alkyl halides is 4. The van der Waals surface area contributed by atoms with Crippen molar-refractivity contribution in [2.45, 2.75) is 18.6 Å². The van der Waals surface area contributed by atoms with Crippen LogP contribution in [0.1, 0.15) is 16.8 Å². The molecule has 1 aromatic carbocycles. The number of rotatable bonds is 4. The Kier molecular flexibility index (Phi) is 4.44. The van der Waals surface area contributed by atoms with E-state index in [0.29, 0.717) is 12.4 Å². The zero-order valence-corrected chi connectivity index (χ0v) is 11.0. The standard InChI is InChI=1S/C13H11ClF3N3/c14-7-9-1-3-10(4-2-9)8-19-12-18-6-5-11(20-12)13(15,16)17/h1-6H,7-8H2,(H,18,19,20). The highest BCUT2D eigenvalue weighted by molar-refractivity contribution is 6.17. The molecule has 1 aromatic heterocycles. The lowest BCUT2D eigenvalue weighted by molar-refractivity contribution is -0.141. The normalized spacial score (nSPS) is 11.4. The van der Waals surface area contributed by atoms with Gasteiger partial charge in [0.15, 0.2) is 0 Å². The van der Waals surface area contributed by atoms with Gasteiger partial charge >= 0.3 is 6.18 Å². The van der Waals surface area contributed by atoms with Crippen molar-refractivity contribution in [1.29, 1.82) is 0 Å². The van der Waals surface area contributed by atoms with Gasteiger partial charge in [0.1, 0.15) is 5.69 Å². The summed E-state index contributed by atoms with van der Waals surface area (Å²) >= 11 is 5.67. The number of nitrogens with one attached hydrogen (secondary N) is 1. The van der Waals surface area contributed by atoms with Crippen molar-refractivity contribution < 1.29 is 13.2 Å². The molecule has 0 aliphatic carbocycles. The SMILES string of the molecule is FC(F)(F)c1ccnc(NCc2ccc(CCl)cc2)n1. The Balaban J connectivity index is 2.03. The topological polar surface area (TPSA) is 37.8 Å². The lowest BCUT2D eigenvalue weighted by atomic mass is 10.1. The third kappa shape index (κ3) is 3.84. The summed E-state index contributed by atoms with van der Waals surface area (Å²) in [5.74, 6) is 0.367. The van der Waals surface area contributed by atoms with Crippen LogP contribution in [0, 0.1) is 0 Å². The number of aromatic nitrogens is 2. The van der Waals surface area contributed by atoms with Gasteiger partial charge in [0, 0.05) is 18.6 Å². The molecule has 0 aliphatic rings. The zero-order valence-electron chi connectivity index (χ0n) is 10.3. The fourth-order valence-corrected chi connectivity index (χ4v) is 1.71. The minimum atomic E-state index is -4.47. The van der Waals surface area contributed by atoms with E-state index in [0.717, 1.165) is 23.4 Å². The van der Waals surface area contributed by atoms with Crippen molar-refractivity contribution in [1.82, 2.24) is 9.97 Å². The highest BCUT2D eigenvalue weighted by atomic mass is 35.5. The largest absolute Gasteiger partial charge is 0.433 e. The predicted molar refractivity (Wildman–Crippen MR) is 70.4 cm³/mol. The van der Waals surface area contributed by atoms with E-state index in [-0.39, 0.29) is 5.95 Å². The van der Waals surface area contributed by atoms with E-state index in [9.17, 15) is 13.2 Å². The maximum atomic E-state index is 12.5. The summed E-state index contributed by atoms with van der Waals surface area (Å²) in [6.45, 7) is 0.337. The predicted octanol–water partition coefficient (Wildman–Crippen LogP) is 3.85. The van der Waals surface area contributed by atoms with Crippen LogP contribution in [0.15, 0.2) is 36.5 Å². The summed E-state index contributed by atoms with van der Waals surface area (Å²) in [4.78, 5) is 7.18. The molecular weight excluding hydrogens is 291 g/mol. The minimum Gasteiger partial charge on any atom is -0.350 e. The summed E-state index contributed by atoms with van der Waals surface area (Å²) in [5, 5.41) is 2.76. The minimum absolute atomic E-state index is 0.0544. The number of hydrogen-bond donors (Lipinski definition) is 1. The van der Waals surface area contributed by atoms with Gasteiger partial charge in [-0.25, -0.2) is 9.97 Å². The van der Waals surface area contributed by atoms with Gasteiger partial charge in [0.05, 0.1) is 0 Å². The maximum Gasteiger partial charge on any atom is 0.433 e. The third-order valence-corrected chi connectivity index (χ3v) is 2.88. The van der Waals surface area contributed by atoms with Crippen LogP contribution in [0.25, 0.3) is 0 Å². The monoisotopic (exact) mass is 301 g/mol. The lowest BCUT2D eigenvalue weighted by Crippen LogP contribution is -2.11. The van der Waals surface area contributed by atoms with Crippen LogP contribution in [-0.4, -0.2) is 9.97 Å². The molecule has 0 saturated carbocycles. The Morgan fingerprint density at radius 1 is 1.05 bits per heavy atom. The second-order valence-electron chi connectivity index (χ2n) is 4.07. The molecule has 0 aliphatic heterocycles. The highest BCUT2D eigenvalue weighted by Gasteiger charge is 2.32. The number of hydrogen-bond acceptors (Lipinski definition) is 3. The highest BCUT2D eigenvalue weighted by Crippen LogP contribution is 2.27. The molecule has 0 saturated heterocycles. The average molecular weight is 302 g/mol. The number of nitrogens with zero attached hydrogens (tertiary/aromatic N) is 2. The Labute approximate surface area is 118 Å². The molecule has 7 heteroatoms. The Morgan fingerprint density at radius 2 is 1.70 bits per heavy atom.